The van der Waals surface area contributed by atoms with Gasteiger partial charge in [0.25, 0.3) is 5.91 Å². The number of hydrogen-bond acceptors (Lipinski definition) is 4. The van der Waals surface area contributed by atoms with E-state index in [4.69, 9.17) is 0 Å². The smallest absolute Gasteiger partial charge is 0.258 e. The van der Waals surface area contributed by atoms with Gasteiger partial charge in [-0.05, 0) is 56.9 Å². The van der Waals surface area contributed by atoms with Crippen LogP contribution >= 0.6 is 36.6 Å². The van der Waals surface area contributed by atoms with E-state index in [1.807, 2.05) is 25.1 Å². The van der Waals surface area contributed by atoms with Gasteiger partial charge >= 0.3 is 0 Å². The summed E-state index contributed by atoms with van der Waals surface area (Å²) in [6.07, 6.45) is 12.6. The van der Waals surface area contributed by atoms with Gasteiger partial charge in [-0.2, -0.15) is 0 Å². The molecule has 0 unspecified atom stereocenters. The normalized spacial score (nSPS) is 19.7. The third-order valence-electron chi connectivity index (χ3n) is 7.03. The maximum atomic E-state index is 13.0. The third kappa shape index (κ3) is 5.46. The molecule has 1 amide bonds. The van der Waals surface area contributed by atoms with Gasteiger partial charge in [-0.3, -0.25) is 9.20 Å². The van der Waals surface area contributed by atoms with E-state index in [0.717, 1.165) is 58.8 Å². The maximum absolute atomic E-state index is 13.0. The van der Waals surface area contributed by atoms with Crippen molar-refractivity contribution < 1.29 is 4.79 Å². The average molecular weight is 498 g/mol. The van der Waals surface area contributed by atoms with Crippen molar-refractivity contribution >= 4 is 54.2 Å². The second-order valence-electron chi connectivity index (χ2n) is 9.13. The molecular formula is C24H34Cl2N4OS. The molecule has 0 radical (unpaired) electrons. The lowest BCUT2D eigenvalue weighted by Gasteiger charge is -2.34. The number of carbonyl (C=O) groups is 1. The molecule has 4 heterocycles. The van der Waals surface area contributed by atoms with Crippen molar-refractivity contribution in [2.45, 2.75) is 69.4 Å². The standard InChI is InChI=1S/C24H32N4OS.2ClH/c1-17-20-16-21(30-23-9-5-8-22(25-17)28(20)23)24(29)26-19-11-14-27(15-12-19)13-10-18-6-3-2-4-7-18;;/h5,8-9,16,18-19H,2-4,6-7,10-15H2,1H3,(H,26,29);2*1H. The number of amides is 1. The van der Waals surface area contributed by atoms with Crippen LogP contribution in [0, 0.1) is 12.8 Å². The molecule has 1 saturated carbocycles. The van der Waals surface area contributed by atoms with E-state index in [-0.39, 0.29) is 36.8 Å². The molecule has 3 aliphatic rings. The summed E-state index contributed by atoms with van der Waals surface area (Å²) in [5.74, 6) is 1.01. The molecule has 2 aromatic rings. The van der Waals surface area contributed by atoms with E-state index in [1.54, 1.807) is 11.8 Å². The lowest BCUT2D eigenvalue weighted by Crippen LogP contribution is -2.45. The molecule has 1 aliphatic carbocycles. The molecule has 2 aromatic heterocycles. The predicted molar refractivity (Wildman–Crippen MR) is 137 cm³/mol. The van der Waals surface area contributed by atoms with Crippen LogP contribution in [0.5, 0.6) is 0 Å². The Labute approximate surface area is 207 Å². The minimum atomic E-state index is 0. The molecule has 5 rings (SSSR count). The highest BCUT2D eigenvalue weighted by Gasteiger charge is 2.26. The second kappa shape index (κ2) is 11.3. The molecule has 0 spiro atoms. The Balaban J connectivity index is 0.00000144. The number of rotatable bonds is 5. The average Bonchev–Trinajstić information content (AvgIpc) is 3.11. The molecule has 2 aliphatic heterocycles. The summed E-state index contributed by atoms with van der Waals surface area (Å²) in [4.78, 5) is 21.0. The molecule has 176 valence electrons. The Bertz CT molecular complexity index is 962. The number of carbonyl (C=O) groups excluding carboxylic acids is 1. The first-order chi connectivity index (χ1) is 14.7. The fourth-order valence-electron chi connectivity index (χ4n) is 5.22. The van der Waals surface area contributed by atoms with E-state index in [1.165, 1.54) is 45.1 Å². The Kier molecular flexibility index (Phi) is 8.96. The van der Waals surface area contributed by atoms with Gasteiger partial charge in [0.1, 0.15) is 5.65 Å². The number of piperidine rings is 1. The van der Waals surface area contributed by atoms with Crippen LogP contribution in [0.15, 0.2) is 28.1 Å². The molecule has 2 fully saturated rings. The van der Waals surface area contributed by atoms with Gasteiger partial charge in [0, 0.05) is 19.1 Å². The summed E-state index contributed by atoms with van der Waals surface area (Å²) in [5, 5.41) is 4.37. The SMILES string of the molecule is Cc1nc2cccc3n2c1C=C(C(=O)NC1CCN(CCC2CCCCC2)CC1)S3.Cl.Cl. The molecule has 0 aromatic carbocycles. The minimum absolute atomic E-state index is 0. The maximum Gasteiger partial charge on any atom is 0.258 e. The van der Waals surface area contributed by atoms with Crippen LogP contribution in [0.3, 0.4) is 0 Å². The summed E-state index contributed by atoms with van der Waals surface area (Å²) >= 11 is 1.55. The van der Waals surface area contributed by atoms with Gasteiger partial charge in [0.05, 0.1) is 21.3 Å². The van der Waals surface area contributed by atoms with Gasteiger partial charge < -0.3 is 10.2 Å². The molecule has 0 bridgehead atoms. The van der Waals surface area contributed by atoms with Gasteiger partial charge in [-0.1, -0.05) is 49.9 Å². The topological polar surface area (TPSA) is 49.6 Å². The fraction of sp³-hybridized carbons (Fsp3) is 0.583. The number of aryl methyl sites for hydroxylation is 1. The van der Waals surface area contributed by atoms with Crippen LogP contribution in [-0.2, 0) is 4.79 Å². The number of thioether (sulfide) groups is 1. The van der Waals surface area contributed by atoms with Crippen LogP contribution in [0.1, 0.15) is 62.8 Å². The summed E-state index contributed by atoms with van der Waals surface area (Å²) < 4.78 is 2.14. The van der Waals surface area contributed by atoms with Crippen LogP contribution in [0.4, 0.5) is 0 Å². The first-order valence-corrected chi connectivity index (χ1v) is 12.4. The number of likely N-dealkylation sites (tertiary alicyclic amines) is 1. The number of halogens is 2. The van der Waals surface area contributed by atoms with E-state index in [2.05, 4.69) is 25.7 Å². The van der Waals surface area contributed by atoms with Gasteiger partial charge in [0.15, 0.2) is 0 Å². The zero-order chi connectivity index (χ0) is 20.5. The third-order valence-corrected chi connectivity index (χ3v) is 8.09. The Morgan fingerprint density at radius 2 is 1.88 bits per heavy atom. The van der Waals surface area contributed by atoms with Gasteiger partial charge in [-0.15, -0.1) is 24.8 Å². The van der Waals surface area contributed by atoms with Gasteiger partial charge in [-0.25, -0.2) is 4.98 Å². The van der Waals surface area contributed by atoms with Crippen molar-refractivity contribution in [1.82, 2.24) is 19.6 Å². The zero-order valence-electron chi connectivity index (χ0n) is 18.7. The van der Waals surface area contributed by atoms with Crippen molar-refractivity contribution in [3.63, 3.8) is 0 Å². The van der Waals surface area contributed by atoms with Crippen molar-refractivity contribution in [3.8, 4) is 0 Å². The fourth-order valence-corrected chi connectivity index (χ4v) is 6.20. The number of imidazole rings is 1. The van der Waals surface area contributed by atoms with E-state index in [0.29, 0.717) is 0 Å². The highest BCUT2D eigenvalue weighted by molar-refractivity contribution is 8.04. The molecular weight excluding hydrogens is 463 g/mol. The Hall–Kier alpha value is -1.21. The quantitative estimate of drug-likeness (QED) is 0.594. The van der Waals surface area contributed by atoms with E-state index >= 15 is 0 Å². The van der Waals surface area contributed by atoms with E-state index < -0.39 is 0 Å². The number of hydrogen-bond donors (Lipinski definition) is 1. The van der Waals surface area contributed by atoms with Crippen LogP contribution in [0.25, 0.3) is 11.7 Å². The van der Waals surface area contributed by atoms with Crippen molar-refractivity contribution in [2.75, 3.05) is 19.6 Å². The molecule has 1 N–H and O–H groups in total. The van der Waals surface area contributed by atoms with Gasteiger partial charge in [0.2, 0.25) is 0 Å². The molecule has 5 nitrogen and oxygen atoms in total. The molecule has 32 heavy (non-hydrogen) atoms. The number of nitrogens with zero attached hydrogens (tertiary/aromatic N) is 3. The van der Waals surface area contributed by atoms with Crippen LogP contribution in [-0.4, -0.2) is 45.9 Å². The lowest BCUT2D eigenvalue weighted by atomic mass is 9.87. The van der Waals surface area contributed by atoms with Crippen molar-refractivity contribution in [1.29, 1.82) is 0 Å². The zero-order valence-corrected chi connectivity index (χ0v) is 21.2. The number of nitrogens with one attached hydrogen (secondary N) is 1. The minimum Gasteiger partial charge on any atom is -0.349 e. The lowest BCUT2D eigenvalue weighted by molar-refractivity contribution is -0.117. The molecule has 8 heteroatoms. The predicted octanol–water partition coefficient (Wildman–Crippen LogP) is 5.48. The second-order valence-corrected chi connectivity index (χ2v) is 10.2. The highest BCUT2D eigenvalue weighted by Crippen LogP contribution is 2.36. The Morgan fingerprint density at radius 1 is 1.12 bits per heavy atom. The largest absolute Gasteiger partial charge is 0.349 e. The van der Waals surface area contributed by atoms with Crippen molar-refractivity contribution in [3.05, 3.63) is 34.5 Å². The number of aromatic nitrogens is 2. The summed E-state index contributed by atoms with van der Waals surface area (Å²) in [5.41, 5.74) is 2.95. The summed E-state index contributed by atoms with van der Waals surface area (Å²) in [6, 6.07) is 6.38. The van der Waals surface area contributed by atoms with Crippen LogP contribution < -0.4 is 5.32 Å². The molecule has 1 saturated heterocycles. The summed E-state index contributed by atoms with van der Waals surface area (Å²) in [6.45, 7) is 5.46. The molecule has 0 atom stereocenters. The monoisotopic (exact) mass is 496 g/mol. The van der Waals surface area contributed by atoms with Crippen LogP contribution in [0.2, 0.25) is 0 Å². The Morgan fingerprint density at radius 3 is 2.62 bits per heavy atom. The van der Waals surface area contributed by atoms with Crippen molar-refractivity contribution in [2.24, 2.45) is 5.92 Å². The highest BCUT2D eigenvalue weighted by atomic mass is 35.5. The summed E-state index contributed by atoms with van der Waals surface area (Å²) in [7, 11) is 0. The number of pyridine rings is 1. The first kappa shape index (κ1) is 25.4. The first-order valence-electron chi connectivity index (χ1n) is 11.6. The van der Waals surface area contributed by atoms with E-state index in [9.17, 15) is 4.79 Å².